The molecule has 0 spiro atoms. The van der Waals surface area contributed by atoms with Gasteiger partial charge in [-0.25, -0.2) is 8.78 Å². The summed E-state index contributed by atoms with van der Waals surface area (Å²) in [5.41, 5.74) is 3.91. The maximum absolute atomic E-state index is 14.9. The number of hydrogen-bond acceptors (Lipinski definition) is 3. The van der Waals surface area contributed by atoms with Crippen LogP contribution in [0.15, 0.2) is 73.1 Å². The van der Waals surface area contributed by atoms with Crippen LogP contribution in [-0.4, -0.2) is 25.8 Å². The van der Waals surface area contributed by atoms with Gasteiger partial charge in [-0.05, 0) is 42.7 Å². The van der Waals surface area contributed by atoms with Gasteiger partial charge in [-0.1, -0.05) is 36.4 Å². The molecule has 0 aliphatic carbocycles. The molecule has 5 aromatic rings. The van der Waals surface area contributed by atoms with Crippen molar-refractivity contribution in [2.75, 3.05) is 0 Å². The van der Waals surface area contributed by atoms with Gasteiger partial charge in [0.1, 0.15) is 11.4 Å². The Bertz CT molecular complexity index is 1570. The van der Waals surface area contributed by atoms with E-state index in [2.05, 4.69) is 10.1 Å². The number of nitrogens with one attached hydrogen (secondary N) is 1. The number of aliphatic carboxylic acids is 1. The van der Waals surface area contributed by atoms with Crippen LogP contribution in [-0.2, 0) is 17.8 Å². The minimum Gasteiger partial charge on any atom is -0.481 e. The van der Waals surface area contributed by atoms with Crippen molar-refractivity contribution in [1.29, 1.82) is 0 Å². The lowest BCUT2D eigenvalue weighted by atomic mass is 10.1. The SMILES string of the molecule is Cc1c(Oc2cccc(-c3c(F)cnn3Cc3cccc(CCC(=O)O)c3)c2)c(F)cc2[nH]ccc12. The summed E-state index contributed by atoms with van der Waals surface area (Å²) in [4.78, 5) is 13.9. The zero-order valence-corrected chi connectivity index (χ0v) is 19.5. The number of fused-ring (bicyclic) bond motifs is 1. The first-order chi connectivity index (χ1) is 17.4. The molecule has 0 fully saturated rings. The van der Waals surface area contributed by atoms with Crippen LogP contribution in [0.4, 0.5) is 8.78 Å². The number of aryl methyl sites for hydroxylation is 2. The number of carboxylic acid groups (broad SMARTS) is 1. The third-order valence-corrected chi connectivity index (χ3v) is 6.09. The van der Waals surface area contributed by atoms with Gasteiger partial charge in [0.15, 0.2) is 17.4 Å². The molecular formula is C28H23F2N3O3. The van der Waals surface area contributed by atoms with Crippen molar-refractivity contribution in [3.63, 3.8) is 0 Å². The van der Waals surface area contributed by atoms with E-state index >= 15 is 0 Å². The first-order valence-corrected chi connectivity index (χ1v) is 11.4. The molecule has 0 amide bonds. The molecule has 2 heterocycles. The number of halogens is 2. The quantitative estimate of drug-likeness (QED) is 0.263. The van der Waals surface area contributed by atoms with Gasteiger partial charge in [-0.15, -0.1) is 0 Å². The first kappa shape index (κ1) is 23.3. The minimum atomic E-state index is -0.859. The Morgan fingerprint density at radius 1 is 1.06 bits per heavy atom. The van der Waals surface area contributed by atoms with Gasteiger partial charge >= 0.3 is 5.97 Å². The summed E-state index contributed by atoms with van der Waals surface area (Å²) in [7, 11) is 0. The number of aromatic amines is 1. The summed E-state index contributed by atoms with van der Waals surface area (Å²) in [6, 6.07) is 17.5. The number of ether oxygens (including phenoxy) is 1. The molecule has 5 rings (SSSR count). The summed E-state index contributed by atoms with van der Waals surface area (Å²) in [5.74, 6) is -1.36. The molecule has 3 aromatic carbocycles. The highest BCUT2D eigenvalue weighted by Gasteiger charge is 2.17. The van der Waals surface area contributed by atoms with Crippen LogP contribution in [0.1, 0.15) is 23.1 Å². The molecule has 0 unspecified atom stereocenters. The van der Waals surface area contributed by atoms with Gasteiger partial charge in [0, 0.05) is 40.7 Å². The second kappa shape index (κ2) is 9.65. The Balaban J connectivity index is 1.43. The van der Waals surface area contributed by atoms with Crippen LogP contribution in [0, 0.1) is 18.6 Å². The van der Waals surface area contributed by atoms with Crippen LogP contribution in [0.5, 0.6) is 11.5 Å². The monoisotopic (exact) mass is 487 g/mol. The summed E-state index contributed by atoms with van der Waals surface area (Å²) in [6.07, 6.45) is 3.34. The molecular weight excluding hydrogens is 464 g/mol. The number of carbonyl (C=O) groups is 1. The number of nitrogens with zero attached hydrogens (tertiary/aromatic N) is 2. The fraction of sp³-hybridized carbons (Fsp3) is 0.143. The van der Waals surface area contributed by atoms with Crippen molar-refractivity contribution in [2.45, 2.75) is 26.3 Å². The molecule has 182 valence electrons. The van der Waals surface area contributed by atoms with Crippen LogP contribution in [0.2, 0.25) is 0 Å². The predicted molar refractivity (Wildman–Crippen MR) is 132 cm³/mol. The summed E-state index contributed by atoms with van der Waals surface area (Å²) < 4.78 is 37.1. The number of benzene rings is 3. The second-order valence-corrected chi connectivity index (χ2v) is 8.59. The fourth-order valence-electron chi connectivity index (χ4n) is 4.35. The van der Waals surface area contributed by atoms with Gasteiger partial charge in [0.25, 0.3) is 0 Å². The van der Waals surface area contributed by atoms with Gasteiger partial charge in [0.05, 0.1) is 12.7 Å². The van der Waals surface area contributed by atoms with E-state index in [1.54, 1.807) is 42.1 Å². The van der Waals surface area contributed by atoms with E-state index in [0.717, 1.165) is 22.7 Å². The molecule has 0 atom stereocenters. The van der Waals surface area contributed by atoms with Crippen LogP contribution < -0.4 is 4.74 Å². The lowest BCUT2D eigenvalue weighted by molar-refractivity contribution is -0.136. The van der Waals surface area contributed by atoms with E-state index in [-0.39, 0.29) is 17.9 Å². The van der Waals surface area contributed by atoms with Crippen molar-refractivity contribution in [2.24, 2.45) is 0 Å². The van der Waals surface area contributed by atoms with Crippen molar-refractivity contribution in [1.82, 2.24) is 14.8 Å². The number of hydrogen-bond donors (Lipinski definition) is 2. The average molecular weight is 488 g/mol. The molecule has 2 N–H and O–H groups in total. The van der Waals surface area contributed by atoms with Gasteiger partial charge in [-0.3, -0.25) is 9.48 Å². The third-order valence-electron chi connectivity index (χ3n) is 6.09. The maximum atomic E-state index is 14.9. The maximum Gasteiger partial charge on any atom is 0.303 e. The van der Waals surface area contributed by atoms with Crippen molar-refractivity contribution in [3.05, 3.63) is 101 Å². The standard InChI is InChI=1S/C28H23F2N3O3/c1-17-22-10-11-31-25(22)14-23(29)28(17)36-21-7-3-6-20(13-21)27-24(30)15-32-33(27)16-19-5-2-4-18(12-19)8-9-26(34)35/h2-7,10-15,31H,8-9,16H2,1H3,(H,34,35). The molecule has 36 heavy (non-hydrogen) atoms. The van der Waals surface area contributed by atoms with E-state index in [1.807, 2.05) is 30.3 Å². The predicted octanol–water partition coefficient (Wildman–Crippen LogP) is 6.48. The molecule has 0 aliphatic heterocycles. The Morgan fingerprint density at radius 2 is 1.86 bits per heavy atom. The highest BCUT2D eigenvalue weighted by Crippen LogP contribution is 2.35. The van der Waals surface area contributed by atoms with Crippen LogP contribution in [0.25, 0.3) is 22.2 Å². The first-order valence-electron chi connectivity index (χ1n) is 11.4. The molecule has 0 saturated heterocycles. The summed E-state index contributed by atoms with van der Waals surface area (Å²) >= 11 is 0. The molecule has 0 aliphatic rings. The van der Waals surface area contributed by atoms with E-state index in [9.17, 15) is 13.6 Å². The van der Waals surface area contributed by atoms with E-state index < -0.39 is 17.6 Å². The van der Waals surface area contributed by atoms with Gasteiger partial charge in [0.2, 0.25) is 0 Å². The number of H-pyrrole nitrogens is 1. The average Bonchev–Trinajstić information content (AvgIpc) is 3.47. The zero-order chi connectivity index (χ0) is 25.2. The number of rotatable bonds is 8. The Labute approximate surface area is 205 Å². The van der Waals surface area contributed by atoms with Crippen molar-refractivity contribution < 1.29 is 23.4 Å². The molecule has 2 aromatic heterocycles. The topological polar surface area (TPSA) is 80.1 Å². The number of aromatic nitrogens is 3. The Morgan fingerprint density at radius 3 is 2.69 bits per heavy atom. The Kier molecular flexibility index (Phi) is 6.25. The fourth-order valence-corrected chi connectivity index (χ4v) is 4.35. The zero-order valence-electron chi connectivity index (χ0n) is 19.5. The second-order valence-electron chi connectivity index (χ2n) is 8.59. The lowest BCUT2D eigenvalue weighted by Gasteiger charge is -2.13. The lowest BCUT2D eigenvalue weighted by Crippen LogP contribution is -2.05. The minimum absolute atomic E-state index is 0.0367. The number of carboxylic acids is 1. The molecule has 0 saturated carbocycles. The third kappa shape index (κ3) is 4.70. The molecule has 0 radical (unpaired) electrons. The van der Waals surface area contributed by atoms with Crippen molar-refractivity contribution in [3.8, 4) is 22.8 Å². The van der Waals surface area contributed by atoms with Crippen LogP contribution in [0.3, 0.4) is 0 Å². The van der Waals surface area contributed by atoms with E-state index in [4.69, 9.17) is 9.84 Å². The molecule has 6 nitrogen and oxygen atoms in total. The van der Waals surface area contributed by atoms with E-state index in [1.165, 1.54) is 6.07 Å². The highest BCUT2D eigenvalue weighted by atomic mass is 19.1. The smallest absolute Gasteiger partial charge is 0.303 e. The largest absolute Gasteiger partial charge is 0.481 e. The van der Waals surface area contributed by atoms with E-state index in [0.29, 0.717) is 35.4 Å². The normalized spacial score (nSPS) is 11.2. The summed E-state index contributed by atoms with van der Waals surface area (Å²) in [5, 5.41) is 14.0. The Hall–Kier alpha value is -4.46. The highest BCUT2D eigenvalue weighted by molar-refractivity contribution is 5.85. The van der Waals surface area contributed by atoms with Crippen molar-refractivity contribution >= 4 is 16.9 Å². The van der Waals surface area contributed by atoms with Gasteiger partial charge < -0.3 is 14.8 Å². The molecule has 8 heteroatoms. The summed E-state index contributed by atoms with van der Waals surface area (Å²) in [6.45, 7) is 2.08. The molecule has 0 bridgehead atoms. The van der Waals surface area contributed by atoms with Crippen LogP contribution >= 0.6 is 0 Å². The van der Waals surface area contributed by atoms with Gasteiger partial charge in [-0.2, -0.15) is 5.10 Å².